The minimum absolute atomic E-state index is 0.0382. The van der Waals surface area contributed by atoms with Gasteiger partial charge in [-0.1, -0.05) is 24.3 Å². The van der Waals surface area contributed by atoms with E-state index in [4.69, 9.17) is 21.1 Å². The second-order valence-corrected chi connectivity index (χ2v) is 10.6. The van der Waals surface area contributed by atoms with E-state index >= 15 is 0 Å². The van der Waals surface area contributed by atoms with Gasteiger partial charge in [0.05, 0.1) is 20.8 Å². The molecule has 0 unspecified atom stereocenters. The minimum atomic E-state index is -0.261. The van der Waals surface area contributed by atoms with Gasteiger partial charge in [0.1, 0.15) is 23.1 Å². The highest BCUT2D eigenvalue weighted by Crippen LogP contribution is 2.46. The van der Waals surface area contributed by atoms with Crippen molar-refractivity contribution in [1.82, 2.24) is 0 Å². The Kier molecular flexibility index (Phi) is 8.72. The molecule has 4 aromatic carbocycles. The maximum atomic E-state index is 14.2. The Morgan fingerprint density at radius 1 is 0.650 bits per heavy atom. The molecule has 208 valence electrons. The van der Waals surface area contributed by atoms with Crippen LogP contribution in [-0.4, -0.2) is 19.3 Å². The molecule has 6 heteroatoms. The molecule has 4 aromatic rings. The predicted octanol–water partition coefficient (Wildman–Crippen LogP) is 8.99. The van der Waals surface area contributed by atoms with Gasteiger partial charge in [-0.25, -0.2) is 8.78 Å². The van der Waals surface area contributed by atoms with Gasteiger partial charge in [0.15, 0.2) is 0 Å². The Balaban J connectivity index is 0.000000161. The fourth-order valence-electron chi connectivity index (χ4n) is 5.03. The van der Waals surface area contributed by atoms with E-state index in [0.29, 0.717) is 40.3 Å². The maximum Gasteiger partial charge on any atom is 0.131 e. The summed E-state index contributed by atoms with van der Waals surface area (Å²) in [6, 6.07) is 21.5. The minimum Gasteiger partial charge on any atom is -0.497 e. The van der Waals surface area contributed by atoms with E-state index in [0.717, 1.165) is 40.7 Å². The van der Waals surface area contributed by atoms with E-state index < -0.39 is 0 Å². The molecule has 1 N–H and O–H groups in total. The van der Waals surface area contributed by atoms with Crippen molar-refractivity contribution in [2.24, 2.45) is 0 Å². The highest BCUT2D eigenvalue weighted by atomic mass is 35.5. The van der Waals surface area contributed by atoms with E-state index in [-0.39, 0.29) is 18.2 Å². The lowest BCUT2D eigenvalue weighted by atomic mass is 9.94. The average molecular weight is 563 g/mol. The number of rotatable bonds is 8. The molecular weight excluding hydrogens is 530 g/mol. The molecule has 6 rings (SSSR count). The molecular formula is C34H33ClF2O3. The van der Waals surface area contributed by atoms with Crippen molar-refractivity contribution in [2.75, 3.05) is 14.2 Å². The van der Waals surface area contributed by atoms with Crippen molar-refractivity contribution in [3.05, 3.63) is 107 Å². The van der Waals surface area contributed by atoms with Gasteiger partial charge < -0.3 is 14.6 Å². The quantitative estimate of drug-likeness (QED) is 0.218. The second-order valence-electron chi connectivity index (χ2n) is 10.4. The largest absolute Gasteiger partial charge is 0.497 e. The molecule has 40 heavy (non-hydrogen) atoms. The zero-order chi connectivity index (χ0) is 28.2. The van der Waals surface area contributed by atoms with Crippen LogP contribution in [0.15, 0.2) is 72.8 Å². The highest BCUT2D eigenvalue weighted by molar-refractivity contribution is 6.17. The zero-order valence-electron chi connectivity index (χ0n) is 22.7. The second kappa shape index (κ2) is 12.4. The van der Waals surface area contributed by atoms with Crippen LogP contribution in [0.4, 0.5) is 8.78 Å². The summed E-state index contributed by atoms with van der Waals surface area (Å²) in [5.74, 6) is 2.33. The van der Waals surface area contributed by atoms with Gasteiger partial charge in [-0.15, -0.1) is 11.6 Å². The van der Waals surface area contributed by atoms with Crippen LogP contribution >= 0.6 is 11.6 Å². The van der Waals surface area contributed by atoms with E-state index in [2.05, 4.69) is 6.07 Å². The molecule has 0 amide bonds. The fourth-order valence-corrected chi connectivity index (χ4v) is 5.20. The number of methoxy groups -OCH3 is 2. The third kappa shape index (κ3) is 6.32. The number of hydrogen-bond donors (Lipinski definition) is 1. The molecule has 2 aliphatic carbocycles. The van der Waals surface area contributed by atoms with Gasteiger partial charge in [-0.3, -0.25) is 0 Å². The number of aliphatic hydroxyl groups is 1. The maximum absolute atomic E-state index is 14.2. The van der Waals surface area contributed by atoms with Crippen LogP contribution in [0.25, 0.3) is 22.3 Å². The van der Waals surface area contributed by atoms with Crippen molar-refractivity contribution in [3.63, 3.8) is 0 Å². The van der Waals surface area contributed by atoms with Crippen molar-refractivity contribution >= 4 is 11.6 Å². The van der Waals surface area contributed by atoms with Gasteiger partial charge in [0.25, 0.3) is 0 Å². The van der Waals surface area contributed by atoms with E-state index in [1.54, 1.807) is 38.5 Å². The first kappa shape index (κ1) is 28.1. The van der Waals surface area contributed by atoms with Crippen LogP contribution in [0.3, 0.4) is 0 Å². The number of halogens is 3. The fraction of sp³-hybridized carbons (Fsp3) is 0.294. The molecule has 0 saturated heterocycles. The Labute approximate surface area is 239 Å². The molecule has 0 radical (unpaired) electrons. The average Bonchev–Trinajstić information content (AvgIpc) is 3.92. The molecule has 0 spiro atoms. The normalized spacial score (nSPS) is 14.3. The summed E-state index contributed by atoms with van der Waals surface area (Å²) in [6.07, 6.45) is 4.66. The molecule has 2 saturated carbocycles. The molecule has 0 bridgehead atoms. The van der Waals surface area contributed by atoms with Crippen LogP contribution in [0.1, 0.15) is 59.8 Å². The topological polar surface area (TPSA) is 38.7 Å². The van der Waals surface area contributed by atoms with Crippen molar-refractivity contribution in [1.29, 1.82) is 0 Å². The zero-order valence-corrected chi connectivity index (χ0v) is 23.5. The first-order valence-electron chi connectivity index (χ1n) is 13.6. The number of aliphatic hydroxyl groups excluding tert-OH is 1. The first-order valence-corrected chi connectivity index (χ1v) is 14.1. The van der Waals surface area contributed by atoms with Crippen LogP contribution in [0.5, 0.6) is 11.5 Å². The summed E-state index contributed by atoms with van der Waals surface area (Å²) in [5.41, 5.74) is 7.14. The Bertz CT molecular complexity index is 1380. The summed E-state index contributed by atoms with van der Waals surface area (Å²) in [6.45, 7) is -0.0382. The van der Waals surface area contributed by atoms with Gasteiger partial charge >= 0.3 is 0 Å². The van der Waals surface area contributed by atoms with Crippen LogP contribution in [-0.2, 0) is 12.5 Å². The van der Waals surface area contributed by atoms with Gasteiger partial charge in [0.2, 0.25) is 0 Å². The SMILES string of the molecule is COc1ccc(F)c(-c2cc(CCl)ccc2C2CC2)c1.COc1ccc(F)c(-c2cc(CO)ccc2C2CC2)c1. The van der Waals surface area contributed by atoms with Crippen molar-refractivity contribution < 1.29 is 23.4 Å². The van der Waals surface area contributed by atoms with Gasteiger partial charge in [-0.05, 0) is 119 Å². The number of hydrogen-bond acceptors (Lipinski definition) is 3. The molecule has 0 atom stereocenters. The van der Waals surface area contributed by atoms with E-state index in [9.17, 15) is 13.9 Å². The van der Waals surface area contributed by atoms with Crippen molar-refractivity contribution in [3.8, 4) is 33.8 Å². The van der Waals surface area contributed by atoms with Crippen molar-refractivity contribution in [2.45, 2.75) is 50.0 Å². The number of benzene rings is 4. The molecule has 0 aromatic heterocycles. The third-order valence-corrected chi connectivity index (χ3v) is 7.84. The van der Waals surface area contributed by atoms with Crippen LogP contribution < -0.4 is 9.47 Å². The van der Waals surface area contributed by atoms with E-state index in [1.807, 2.05) is 30.3 Å². The van der Waals surface area contributed by atoms with Crippen LogP contribution in [0, 0.1) is 11.6 Å². The van der Waals surface area contributed by atoms with Crippen LogP contribution in [0.2, 0.25) is 0 Å². The predicted molar refractivity (Wildman–Crippen MR) is 156 cm³/mol. The Hall–Kier alpha value is -3.41. The smallest absolute Gasteiger partial charge is 0.131 e. The third-order valence-electron chi connectivity index (χ3n) is 7.53. The lowest BCUT2D eigenvalue weighted by Crippen LogP contribution is -1.95. The number of alkyl halides is 1. The number of ether oxygens (including phenoxy) is 2. The Morgan fingerprint density at radius 2 is 1.10 bits per heavy atom. The Morgan fingerprint density at radius 3 is 1.50 bits per heavy atom. The molecule has 2 fully saturated rings. The lowest BCUT2D eigenvalue weighted by Gasteiger charge is -2.13. The summed E-state index contributed by atoms with van der Waals surface area (Å²) < 4.78 is 38.8. The molecule has 2 aliphatic rings. The van der Waals surface area contributed by atoms with E-state index in [1.165, 1.54) is 30.5 Å². The lowest BCUT2D eigenvalue weighted by molar-refractivity contribution is 0.282. The van der Waals surface area contributed by atoms with Gasteiger partial charge in [0, 0.05) is 17.0 Å². The first-order chi connectivity index (χ1) is 19.4. The monoisotopic (exact) mass is 562 g/mol. The summed E-state index contributed by atoms with van der Waals surface area (Å²) >= 11 is 5.91. The van der Waals surface area contributed by atoms with Gasteiger partial charge in [-0.2, -0.15) is 0 Å². The summed E-state index contributed by atoms with van der Waals surface area (Å²) in [7, 11) is 3.16. The summed E-state index contributed by atoms with van der Waals surface area (Å²) in [5, 5.41) is 9.31. The molecule has 0 aliphatic heterocycles. The standard InChI is InChI=1S/C17H16ClFO.C17H17FO2/c1-20-13-5-7-17(19)16(9-13)15-8-11(10-18)2-6-14(15)12-3-4-12;1-20-13-5-7-17(18)16(9-13)15-8-11(10-19)2-6-14(15)12-3-4-12/h2,5-9,12H,3-4,10H2,1H3;2,5-9,12,19H,3-4,10H2,1H3. The molecule has 0 heterocycles. The highest BCUT2D eigenvalue weighted by Gasteiger charge is 2.28. The molecule has 3 nitrogen and oxygen atoms in total. The summed E-state index contributed by atoms with van der Waals surface area (Å²) in [4.78, 5) is 0.